The lowest BCUT2D eigenvalue weighted by atomic mass is 9.94. The molecule has 6 heteroatoms. The third-order valence-electron chi connectivity index (χ3n) is 4.38. The van der Waals surface area contributed by atoms with Gasteiger partial charge in [0.15, 0.2) is 0 Å². The Bertz CT molecular complexity index is 705. The largest absolute Gasteiger partial charge is 0.338 e. The maximum Gasteiger partial charge on any atom is 0.223 e. The van der Waals surface area contributed by atoms with E-state index in [1.165, 1.54) is 12.1 Å². The van der Waals surface area contributed by atoms with Crippen LogP contribution in [0.25, 0.3) is 0 Å². The predicted octanol–water partition coefficient (Wildman–Crippen LogP) is 3.18. The highest BCUT2D eigenvalue weighted by Crippen LogP contribution is 2.36. The van der Waals surface area contributed by atoms with Crippen LogP contribution in [-0.2, 0) is 11.3 Å². The second kappa shape index (κ2) is 7.28. The molecule has 2 heterocycles. The van der Waals surface area contributed by atoms with Crippen molar-refractivity contribution in [1.82, 2.24) is 15.2 Å². The van der Waals surface area contributed by atoms with E-state index >= 15 is 0 Å². The third-order valence-corrected chi connectivity index (χ3v) is 4.60. The molecule has 1 saturated heterocycles. The van der Waals surface area contributed by atoms with Crippen molar-refractivity contribution in [2.24, 2.45) is 5.92 Å². The van der Waals surface area contributed by atoms with Gasteiger partial charge < -0.3 is 10.2 Å². The lowest BCUT2D eigenvalue weighted by Gasteiger charge is -2.25. The fraction of sp³-hybridized carbons (Fsp3) is 0.333. The van der Waals surface area contributed by atoms with Crippen LogP contribution >= 0.6 is 11.6 Å². The average Bonchev–Trinajstić information content (AvgIpc) is 2.82. The molecule has 0 saturated carbocycles. The number of carbonyl (C=O) groups is 1. The number of pyridine rings is 1. The number of carbonyl (C=O) groups excluding carboxylic acids is 1. The maximum absolute atomic E-state index is 13.4. The Morgan fingerprint density at radius 3 is 2.96 bits per heavy atom. The van der Waals surface area contributed by atoms with E-state index < -0.39 is 0 Å². The van der Waals surface area contributed by atoms with Crippen molar-refractivity contribution >= 4 is 17.5 Å². The first-order chi connectivity index (χ1) is 11.5. The van der Waals surface area contributed by atoms with Crippen molar-refractivity contribution in [3.8, 4) is 0 Å². The molecule has 3 rings (SSSR count). The standard InChI is InChI=1S/C18H19ClFN3O/c1-23-17(24)7-14(18(23)13-3-2-4-21-10-13)11-22-9-12-5-15(19)8-16(20)6-12/h2-6,8,10,14,18,22H,7,9,11H2,1H3/t14-,18-/m0/s1. The lowest BCUT2D eigenvalue weighted by Crippen LogP contribution is -2.29. The first-order valence-electron chi connectivity index (χ1n) is 7.86. The Morgan fingerprint density at radius 2 is 2.25 bits per heavy atom. The van der Waals surface area contributed by atoms with E-state index in [4.69, 9.17) is 11.6 Å². The molecule has 0 bridgehead atoms. The van der Waals surface area contributed by atoms with E-state index in [0.717, 1.165) is 11.1 Å². The fourth-order valence-electron chi connectivity index (χ4n) is 3.30. The van der Waals surface area contributed by atoms with E-state index in [1.54, 1.807) is 23.4 Å². The second-order valence-electron chi connectivity index (χ2n) is 6.11. The van der Waals surface area contributed by atoms with Crippen LogP contribution in [0.15, 0.2) is 42.7 Å². The first kappa shape index (κ1) is 16.9. The van der Waals surface area contributed by atoms with Crippen LogP contribution in [0.2, 0.25) is 5.02 Å². The van der Waals surface area contributed by atoms with Gasteiger partial charge in [0.25, 0.3) is 0 Å². The molecule has 1 N–H and O–H groups in total. The van der Waals surface area contributed by atoms with Gasteiger partial charge in [-0.2, -0.15) is 0 Å². The minimum absolute atomic E-state index is 0.00907. The molecule has 4 nitrogen and oxygen atoms in total. The minimum Gasteiger partial charge on any atom is -0.338 e. The smallest absolute Gasteiger partial charge is 0.223 e. The second-order valence-corrected chi connectivity index (χ2v) is 6.55. The molecule has 2 atom stereocenters. The quantitative estimate of drug-likeness (QED) is 0.903. The third kappa shape index (κ3) is 3.74. The summed E-state index contributed by atoms with van der Waals surface area (Å²) in [5.74, 6) is -0.0662. The van der Waals surface area contributed by atoms with Gasteiger partial charge in [0.05, 0.1) is 6.04 Å². The molecule has 1 aromatic carbocycles. The molecule has 1 amide bonds. The highest BCUT2D eigenvalue weighted by atomic mass is 35.5. The molecular weight excluding hydrogens is 329 g/mol. The highest BCUT2D eigenvalue weighted by molar-refractivity contribution is 6.30. The molecule has 24 heavy (non-hydrogen) atoms. The topological polar surface area (TPSA) is 45.2 Å². The molecule has 126 valence electrons. The van der Waals surface area contributed by atoms with Gasteiger partial charge >= 0.3 is 0 Å². The van der Waals surface area contributed by atoms with Crippen molar-refractivity contribution in [3.63, 3.8) is 0 Å². The van der Waals surface area contributed by atoms with Gasteiger partial charge in [-0.15, -0.1) is 0 Å². The van der Waals surface area contributed by atoms with Crippen molar-refractivity contribution in [3.05, 3.63) is 64.7 Å². The molecule has 0 radical (unpaired) electrons. The monoisotopic (exact) mass is 347 g/mol. The van der Waals surface area contributed by atoms with Crippen LogP contribution in [0.3, 0.4) is 0 Å². The SMILES string of the molecule is CN1C(=O)C[C@@H](CNCc2cc(F)cc(Cl)c2)[C@@H]1c1cccnc1. The van der Waals surface area contributed by atoms with Crippen LogP contribution in [0.1, 0.15) is 23.6 Å². The van der Waals surface area contributed by atoms with E-state index in [2.05, 4.69) is 10.3 Å². The average molecular weight is 348 g/mol. The molecule has 1 fully saturated rings. The Labute approximate surface area is 145 Å². The van der Waals surface area contributed by atoms with Crippen molar-refractivity contribution < 1.29 is 9.18 Å². The number of hydrogen-bond acceptors (Lipinski definition) is 3. The number of nitrogens with one attached hydrogen (secondary N) is 1. The van der Waals surface area contributed by atoms with Gasteiger partial charge in [-0.3, -0.25) is 9.78 Å². The summed E-state index contributed by atoms with van der Waals surface area (Å²) in [6, 6.07) is 8.37. The van der Waals surface area contributed by atoms with Gasteiger partial charge in [-0.25, -0.2) is 4.39 Å². The molecule has 2 aromatic rings. The summed E-state index contributed by atoms with van der Waals surface area (Å²) < 4.78 is 13.4. The summed E-state index contributed by atoms with van der Waals surface area (Å²) in [6.45, 7) is 1.16. The van der Waals surface area contributed by atoms with E-state index in [-0.39, 0.29) is 23.7 Å². The molecule has 1 aliphatic rings. The Balaban J connectivity index is 1.66. The van der Waals surface area contributed by atoms with Crippen LogP contribution in [-0.4, -0.2) is 29.4 Å². The van der Waals surface area contributed by atoms with Gasteiger partial charge in [-0.05, 0) is 35.4 Å². The van der Waals surface area contributed by atoms with Crippen LogP contribution in [0.4, 0.5) is 4.39 Å². The highest BCUT2D eigenvalue weighted by Gasteiger charge is 2.38. The molecular formula is C18H19ClFN3O. The molecule has 1 aromatic heterocycles. The summed E-state index contributed by atoms with van der Waals surface area (Å²) >= 11 is 5.87. The van der Waals surface area contributed by atoms with Crippen molar-refractivity contribution in [1.29, 1.82) is 0 Å². The molecule has 0 unspecified atom stereocenters. The Hall–Kier alpha value is -1.98. The van der Waals surface area contributed by atoms with Gasteiger partial charge in [-0.1, -0.05) is 17.7 Å². The number of benzene rings is 1. The van der Waals surface area contributed by atoms with Crippen LogP contribution in [0.5, 0.6) is 0 Å². The first-order valence-corrected chi connectivity index (χ1v) is 8.23. The molecule has 0 spiro atoms. The number of nitrogens with zero attached hydrogens (tertiary/aromatic N) is 2. The summed E-state index contributed by atoms with van der Waals surface area (Å²) in [6.07, 6.45) is 4.02. The number of rotatable bonds is 5. The van der Waals surface area contributed by atoms with E-state index in [0.29, 0.717) is 24.5 Å². The number of likely N-dealkylation sites (tertiary alicyclic amines) is 1. The summed E-state index contributed by atoms with van der Waals surface area (Å²) in [5.41, 5.74) is 1.82. The van der Waals surface area contributed by atoms with Crippen molar-refractivity contribution in [2.45, 2.75) is 19.0 Å². The summed E-state index contributed by atoms with van der Waals surface area (Å²) in [4.78, 5) is 18.0. The molecule has 0 aliphatic carbocycles. The van der Waals surface area contributed by atoms with Gasteiger partial charge in [0.2, 0.25) is 5.91 Å². The van der Waals surface area contributed by atoms with Crippen LogP contribution in [0, 0.1) is 11.7 Å². The predicted molar refractivity (Wildman–Crippen MR) is 91.0 cm³/mol. The number of aromatic nitrogens is 1. The summed E-state index contributed by atoms with van der Waals surface area (Å²) in [7, 11) is 1.83. The van der Waals surface area contributed by atoms with Crippen LogP contribution < -0.4 is 5.32 Å². The Morgan fingerprint density at radius 1 is 1.42 bits per heavy atom. The van der Waals surface area contributed by atoms with Crippen molar-refractivity contribution in [2.75, 3.05) is 13.6 Å². The zero-order chi connectivity index (χ0) is 17.1. The Kier molecular flexibility index (Phi) is 5.11. The molecule has 1 aliphatic heterocycles. The van der Waals surface area contributed by atoms with E-state index in [9.17, 15) is 9.18 Å². The fourth-order valence-corrected chi connectivity index (χ4v) is 3.54. The maximum atomic E-state index is 13.4. The zero-order valence-electron chi connectivity index (χ0n) is 13.4. The van der Waals surface area contributed by atoms with Gasteiger partial charge in [0, 0.05) is 49.9 Å². The summed E-state index contributed by atoms with van der Waals surface area (Å²) in [5, 5.41) is 3.70. The normalized spacial score (nSPS) is 20.6. The van der Waals surface area contributed by atoms with Gasteiger partial charge in [0.1, 0.15) is 5.82 Å². The van der Waals surface area contributed by atoms with E-state index in [1.807, 2.05) is 19.2 Å². The zero-order valence-corrected chi connectivity index (χ0v) is 14.1. The number of halogens is 2. The minimum atomic E-state index is -0.344. The lowest BCUT2D eigenvalue weighted by molar-refractivity contribution is -0.127. The number of amides is 1. The number of hydrogen-bond donors (Lipinski definition) is 1.